The minimum atomic E-state index is -0.329. The number of fused-ring (bicyclic) bond motifs is 1. The van der Waals surface area contributed by atoms with Gasteiger partial charge in [0, 0.05) is 9.86 Å². The van der Waals surface area contributed by atoms with E-state index in [4.69, 9.17) is 4.42 Å². The van der Waals surface area contributed by atoms with Crippen molar-refractivity contribution in [3.8, 4) is 0 Å². The fourth-order valence-corrected chi connectivity index (χ4v) is 2.11. The van der Waals surface area contributed by atoms with Gasteiger partial charge in [-0.1, -0.05) is 15.9 Å². The van der Waals surface area contributed by atoms with Crippen molar-refractivity contribution in [2.45, 2.75) is 6.92 Å². The maximum absolute atomic E-state index is 12.1. The molecule has 0 saturated heterocycles. The lowest BCUT2D eigenvalue weighted by atomic mass is 10.2. The van der Waals surface area contributed by atoms with Gasteiger partial charge in [0.2, 0.25) is 0 Å². The van der Waals surface area contributed by atoms with E-state index < -0.39 is 0 Å². The normalized spacial score (nSPS) is 10.7. The summed E-state index contributed by atoms with van der Waals surface area (Å²) in [5, 5.41) is 3.57. The number of carbonyl (C=O) groups is 1. The molecule has 1 amide bonds. The first-order valence-electron chi connectivity index (χ1n) is 5.91. The highest BCUT2D eigenvalue weighted by molar-refractivity contribution is 9.10. The zero-order chi connectivity index (χ0) is 14.1. The van der Waals surface area contributed by atoms with Gasteiger partial charge in [-0.25, -0.2) is 9.97 Å². The molecule has 0 atom stereocenters. The van der Waals surface area contributed by atoms with Crippen LogP contribution >= 0.6 is 15.9 Å². The van der Waals surface area contributed by atoms with Crippen LogP contribution in [0.4, 0.5) is 5.69 Å². The van der Waals surface area contributed by atoms with Gasteiger partial charge in [-0.3, -0.25) is 4.79 Å². The fourth-order valence-electron chi connectivity index (χ4n) is 1.77. The Labute approximate surface area is 123 Å². The summed E-state index contributed by atoms with van der Waals surface area (Å²) < 4.78 is 6.42. The molecule has 0 saturated carbocycles. The lowest BCUT2D eigenvalue weighted by Crippen LogP contribution is -2.11. The zero-order valence-electron chi connectivity index (χ0n) is 10.6. The molecule has 0 aliphatic carbocycles. The van der Waals surface area contributed by atoms with E-state index in [9.17, 15) is 4.79 Å². The Kier molecular flexibility index (Phi) is 3.23. The Morgan fingerprint density at radius 2 is 2.00 bits per heavy atom. The van der Waals surface area contributed by atoms with E-state index in [0.717, 1.165) is 9.86 Å². The number of rotatable bonds is 2. The number of hydrogen-bond acceptors (Lipinski definition) is 4. The van der Waals surface area contributed by atoms with Crippen LogP contribution in [0.2, 0.25) is 0 Å². The van der Waals surface area contributed by atoms with Crippen LogP contribution in [0.5, 0.6) is 0 Å². The van der Waals surface area contributed by atoms with Crippen molar-refractivity contribution < 1.29 is 9.21 Å². The number of carbonyl (C=O) groups excluding carboxylic acids is 1. The molecular formula is C14H10BrN3O2. The maximum atomic E-state index is 12.1. The van der Waals surface area contributed by atoms with Gasteiger partial charge in [-0.2, -0.15) is 0 Å². The van der Waals surface area contributed by atoms with Crippen LogP contribution < -0.4 is 5.32 Å². The third-order valence-corrected chi connectivity index (χ3v) is 3.24. The van der Waals surface area contributed by atoms with Gasteiger partial charge in [-0.15, -0.1) is 0 Å². The van der Waals surface area contributed by atoms with Crippen molar-refractivity contribution >= 4 is 38.5 Å². The topological polar surface area (TPSA) is 68.0 Å². The van der Waals surface area contributed by atoms with Gasteiger partial charge in [0.15, 0.2) is 5.76 Å². The maximum Gasteiger partial charge on any atom is 0.291 e. The molecule has 0 spiro atoms. The van der Waals surface area contributed by atoms with Gasteiger partial charge < -0.3 is 9.73 Å². The van der Waals surface area contributed by atoms with E-state index in [1.165, 1.54) is 0 Å². The Hall–Kier alpha value is -2.21. The molecule has 0 bridgehead atoms. The zero-order valence-corrected chi connectivity index (χ0v) is 12.1. The summed E-state index contributed by atoms with van der Waals surface area (Å²) in [6, 6.07) is 7.30. The molecule has 0 radical (unpaired) electrons. The molecule has 6 heteroatoms. The van der Waals surface area contributed by atoms with Crippen molar-refractivity contribution in [3.05, 3.63) is 52.7 Å². The number of anilines is 1. The van der Waals surface area contributed by atoms with Crippen LogP contribution in [0.15, 0.2) is 45.5 Å². The summed E-state index contributed by atoms with van der Waals surface area (Å²) in [6.07, 6.45) is 3.11. The molecule has 0 aliphatic rings. The van der Waals surface area contributed by atoms with Crippen LogP contribution in [-0.2, 0) is 0 Å². The first-order chi connectivity index (χ1) is 9.61. The first kappa shape index (κ1) is 12.8. The van der Waals surface area contributed by atoms with Crippen LogP contribution in [0.25, 0.3) is 11.0 Å². The molecule has 3 rings (SSSR count). The number of amides is 1. The highest BCUT2D eigenvalue weighted by atomic mass is 79.9. The van der Waals surface area contributed by atoms with Crippen molar-refractivity contribution in [3.63, 3.8) is 0 Å². The molecule has 2 heterocycles. The number of nitrogens with zero attached hydrogens (tertiary/aromatic N) is 2. The third kappa shape index (κ3) is 2.55. The second-order valence-corrected chi connectivity index (χ2v) is 5.18. The minimum absolute atomic E-state index is 0.249. The van der Waals surface area contributed by atoms with Crippen molar-refractivity contribution in [1.82, 2.24) is 9.97 Å². The predicted octanol–water partition coefficient (Wildman–Crippen LogP) is 3.55. The quantitative estimate of drug-likeness (QED) is 0.779. The largest absolute Gasteiger partial charge is 0.451 e. The third-order valence-electron chi connectivity index (χ3n) is 2.74. The van der Waals surface area contributed by atoms with E-state index in [-0.39, 0.29) is 11.7 Å². The van der Waals surface area contributed by atoms with Crippen LogP contribution in [0.1, 0.15) is 16.4 Å². The molecule has 3 aromatic rings. The highest BCUT2D eigenvalue weighted by Crippen LogP contribution is 2.23. The molecular weight excluding hydrogens is 322 g/mol. The Morgan fingerprint density at radius 1 is 1.25 bits per heavy atom. The SMILES string of the molecule is Cc1ncc(NC(=O)c2cc3ccc(Br)cc3o2)cn1. The van der Waals surface area contributed by atoms with Gasteiger partial charge in [0.05, 0.1) is 18.1 Å². The van der Waals surface area contributed by atoms with Gasteiger partial charge in [0.1, 0.15) is 11.4 Å². The second kappa shape index (κ2) is 5.05. The van der Waals surface area contributed by atoms with Gasteiger partial charge >= 0.3 is 0 Å². The average Bonchev–Trinajstić information content (AvgIpc) is 2.84. The standard InChI is InChI=1S/C14H10BrN3O2/c1-8-16-6-11(7-17-8)18-14(19)13-4-9-2-3-10(15)5-12(9)20-13/h2-7H,1H3,(H,18,19). The lowest BCUT2D eigenvalue weighted by Gasteiger charge is -2.01. The van der Waals surface area contributed by atoms with Crippen molar-refractivity contribution in [1.29, 1.82) is 0 Å². The van der Waals surface area contributed by atoms with Crippen molar-refractivity contribution in [2.24, 2.45) is 0 Å². The molecule has 100 valence electrons. The number of nitrogens with one attached hydrogen (secondary N) is 1. The van der Waals surface area contributed by atoms with Crippen LogP contribution in [0.3, 0.4) is 0 Å². The summed E-state index contributed by atoms with van der Waals surface area (Å²) >= 11 is 3.36. The molecule has 0 aliphatic heterocycles. The number of aromatic nitrogens is 2. The summed E-state index contributed by atoms with van der Waals surface area (Å²) in [5.41, 5.74) is 1.19. The van der Waals surface area contributed by atoms with Gasteiger partial charge in [0.25, 0.3) is 5.91 Å². The van der Waals surface area contributed by atoms with Crippen molar-refractivity contribution in [2.75, 3.05) is 5.32 Å². The van der Waals surface area contributed by atoms with E-state index in [1.54, 1.807) is 25.4 Å². The highest BCUT2D eigenvalue weighted by Gasteiger charge is 2.13. The number of hydrogen-bond donors (Lipinski definition) is 1. The van der Waals surface area contributed by atoms with Gasteiger partial charge in [-0.05, 0) is 31.2 Å². The van der Waals surface area contributed by atoms with E-state index >= 15 is 0 Å². The van der Waals surface area contributed by atoms with E-state index in [0.29, 0.717) is 17.1 Å². The lowest BCUT2D eigenvalue weighted by molar-refractivity contribution is 0.0998. The molecule has 1 N–H and O–H groups in total. The fraction of sp³-hybridized carbons (Fsp3) is 0.0714. The summed E-state index contributed by atoms with van der Waals surface area (Å²) in [6.45, 7) is 1.78. The monoisotopic (exact) mass is 331 g/mol. The smallest absolute Gasteiger partial charge is 0.291 e. The number of aryl methyl sites for hydroxylation is 1. The Morgan fingerprint density at radius 3 is 2.75 bits per heavy atom. The Bertz CT molecular complexity index is 781. The first-order valence-corrected chi connectivity index (χ1v) is 6.70. The molecule has 1 aromatic carbocycles. The summed E-state index contributed by atoms with van der Waals surface area (Å²) in [4.78, 5) is 20.1. The number of benzene rings is 1. The molecule has 20 heavy (non-hydrogen) atoms. The molecule has 2 aromatic heterocycles. The Balaban J connectivity index is 1.86. The van der Waals surface area contributed by atoms with Crippen LogP contribution in [0, 0.1) is 6.92 Å². The summed E-state index contributed by atoms with van der Waals surface area (Å²) in [7, 11) is 0. The number of halogens is 1. The average molecular weight is 332 g/mol. The second-order valence-electron chi connectivity index (χ2n) is 4.27. The molecule has 5 nitrogen and oxygen atoms in total. The van der Waals surface area contributed by atoms with E-state index in [1.807, 2.05) is 18.2 Å². The predicted molar refractivity (Wildman–Crippen MR) is 78.6 cm³/mol. The van der Waals surface area contributed by atoms with E-state index in [2.05, 4.69) is 31.2 Å². The minimum Gasteiger partial charge on any atom is -0.451 e. The molecule has 0 fully saturated rings. The summed E-state index contributed by atoms with van der Waals surface area (Å²) in [5.74, 6) is 0.569. The number of furan rings is 1. The molecule has 0 unspecified atom stereocenters. The van der Waals surface area contributed by atoms with Crippen LogP contribution in [-0.4, -0.2) is 15.9 Å².